The summed E-state index contributed by atoms with van der Waals surface area (Å²) in [6, 6.07) is 7.60. The molecule has 41 heavy (non-hydrogen) atoms. The number of ether oxygens (including phenoxy) is 1. The average Bonchev–Trinajstić information content (AvgIpc) is 3.04. The SMILES string of the molecule is C[C@@H]1CC([C@H](c2ccc(Cl)cc2)[C@H](N)C(=O)C[C@H]2CCCC[C@@H]2CC[C@H]2CN[C@@H]3CCCS(=O)(=O)N2C3)C[C@H](C)O1. The molecule has 7 nitrogen and oxygen atoms in total. The molecule has 3 saturated heterocycles. The second kappa shape index (κ2) is 13.7. The van der Waals surface area contributed by atoms with Gasteiger partial charge in [0.05, 0.1) is 24.0 Å². The summed E-state index contributed by atoms with van der Waals surface area (Å²) in [5.74, 6) is 1.37. The summed E-state index contributed by atoms with van der Waals surface area (Å²) in [6.07, 6.45) is 10.5. The van der Waals surface area contributed by atoms with E-state index in [1.165, 1.54) is 6.42 Å². The van der Waals surface area contributed by atoms with E-state index in [1.807, 2.05) is 24.3 Å². The number of hydrogen-bond donors (Lipinski definition) is 2. The summed E-state index contributed by atoms with van der Waals surface area (Å²) in [5.41, 5.74) is 7.99. The summed E-state index contributed by atoms with van der Waals surface area (Å²) < 4.78 is 33.7. The number of carbonyl (C=O) groups is 1. The number of nitrogens with one attached hydrogen (secondary N) is 1. The first-order chi connectivity index (χ1) is 19.6. The van der Waals surface area contributed by atoms with Crippen molar-refractivity contribution < 1.29 is 17.9 Å². The first-order valence-electron chi connectivity index (χ1n) is 16.0. The van der Waals surface area contributed by atoms with Crippen LogP contribution in [0.4, 0.5) is 0 Å². The van der Waals surface area contributed by atoms with E-state index in [2.05, 4.69) is 19.2 Å². The Kier molecular flexibility index (Phi) is 10.5. The van der Waals surface area contributed by atoms with Crippen LogP contribution in [0.2, 0.25) is 5.02 Å². The molecule has 3 heterocycles. The average molecular weight is 608 g/mol. The fraction of sp³-hybridized carbons (Fsp3) is 0.781. The van der Waals surface area contributed by atoms with Gasteiger partial charge in [-0.05, 0) is 94.2 Å². The van der Waals surface area contributed by atoms with Crippen LogP contribution >= 0.6 is 11.6 Å². The topological polar surface area (TPSA) is 102 Å². The van der Waals surface area contributed by atoms with Crippen LogP contribution < -0.4 is 11.1 Å². The third-order valence-corrected chi connectivity index (χ3v) is 12.6. The Morgan fingerprint density at radius 1 is 1.05 bits per heavy atom. The van der Waals surface area contributed by atoms with E-state index in [-0.39, 0.29) is 47.7 Å². The van der Waals surface area contributed by atoms with Crippen molar-refractivity contribution in [2.75, 3.05) is 18.8 Å². The zero-order chi connectivity index (χ0) is 29.1. The van der Waals surface area contributed by atoms with E-state index in [1.54, 1.807) is 4.31 Å². The lowest BCUT2D eigenvalue weighted by Crippen LogP contribution is -2.57. The van der Waals surface area contributed by atoms with E-state index in [9.17, 15) is 13.2 Å². The number of halogens is 1. The molecule has 2 unspecified atom stereocenters. The molecule has 9 heteroatoms. The number of piperazine rings is 1. The highest BCUT2D eigenvalue weighted by Crippen LogP contribution is 2.41. The van der Waals surface area contributed by atoms with Crippen molar-refractivity contribution >= 4 is 27.4 Å². The molecule has 4 aliphatic rings. The summed E-state index contributed by atoms with van der Waals surface area (Å²) in [7, 11) is -3.19. The summed E-state index contributed by atoms with van der Waals surface area (Å²) in [4.78, 5) is 13.9. The van der Waals surface area contributed by atoms with Gasteiger partial charge in [0, 0.05) is 42.5 Å². The van der Waals surface area contributed by atoms with Crippen molar-refractivity contribution in [3.63, 3.8) is 0 Å². The van der Waals surface area contributed by atoms with Crippen LogP contribution in [0, 0.1) is 17.8 Å². The van der Waals surface area contributed by atoms with Gasteiger partial charge < -0.3 is 15.8 Å². The van der Waals surface area contributed by atoms with Gasteiger partial charge in [0.1, 0.15) is 5.78 Å². The molecule has 1 aromatic carbocycles. The molecule has 3 N–H and O–H groups in total. The van der Waals surface area contributed by atoms with Gasteiger partial charge in [0.25, 0.3) is 0 Å². The molecule has 5 rings (SSSR count). The Hall–Kier alpha value is -1.03. The van der Waals surface area contributed by atoms with Gasteiger partial charge in [0.15, 0.2) is 0 Å². The number of nitrogens with two attached hydrogens (primary N) is 1. The van der Waals surface area contributed by atoms with Gasteiger partial charge in [0.2, 0.25) is 10.0 Å². The van der Waals surface area contributed by atoms with Crippen LogP contribution in [0.15, 0.2) is 24.3 Å². The van der Waals surface area contributed by atoms with Crippen LogP contribution in [-0.4, -0.2) is 67.7 Å². The Bertz CT molecular complexity index is 1120. The van der Waals surface area contributed by atoms with E-state index >= 15 is 0 Å². The molecule has 1 aliphatic carbocycles. The highest BCUT2D eigenvalue weighted by molar-refractivity contribution is 7.89. The smallest absolute Gasteiger partial charge is 0.214 e. The number of sulfonamides is 1. The molecule has 0 aromatic heterocycles. The lowest BCUT2D eigenvalue weighted by molar-refractivity contribution is -0.123. The minimum Gasteiger partial charge on any atom is -0.376 e. The molecule has 230 valence electrons. The largest absolute Gasteiger partial charge is 0.376 e. The maximum Gasteiger partial charge on any atom is 0.214 e. The standard InChI is InChI=1S/C32H50ClN3O4S/c1-21-16-26(17-22(2)40-21)31(24-9-12-27(33)13-10-24)32(34)30(37)18-25-7-4-3-6-23(25)11-14-29-19-35-28-8-5-15-41(38,39)36(29)20-28/h9-10,12-13,21-23,25-26,28-29,31-32,35H,3-8,11,14-20,34H2,1-2H3/t21-,22+,23-,25-,26?,28-,29+,31+,32-/m1/s1. The minimum absolute atomic E-state index is 0.0154. The fourth-order valence-corrected chi connectivity index (χ4v) is 10.3. The molecule has 0 amide bonds. The first kappa shape index (κ1) is 31.4. The van der Waals surface area contributed by atoms with Gasteiger partial charge in [-0.1, -0.05) is 43.0 Å². The van der Waals surface area contributed by atoms with E-state index in [0.29, 0.717) is 29.8 Å². The zero-order valence-corrected chi connectivity index (χ0v) is 26.4. The predicted octanol–water partition coefficient (Wildman–Crippen LogP) is 5.27. The number of nitrogens with zero attached hydrogens (tertiary/aromatic N) is 1. The van der Waals surface area contributed by atoms with E-state index in [0.717, 1.165) is 69.9 Å². The second-order valence-corrected chi connectivity index (χ2v) is 15.9. The third kappa shape index (κ3) is 7.74. The van der Waals surface area contributed by atoms with Crippen LogP contribution in [0.5, 0.6) is 0 Å². The maximum atomic E-state index is 13.9. The van der Waals surface area contributed by atoms with Crippen LogP contribution in [0.25, 0.3) is 0 Å². The Morgan fingerprint density at radius 3 is 2.44 bits per heavy atom. The summed E-state index contributed by atoms with van der Waals surface area (Å²) in [5, 5.41) is 4.28. The highest BCUT2D eigenvalue weighted by Gasteiger charge is 2.40. The molecule has 10 atom stereocenters. The Balaban J connectivity index is 1.26. The zero-order valence-electron chi connectivity index (χ0n) is 24.8. The predicted molar refractivity (Wildman–Crippen MR) is 165 cm³/mol. The number of carbonyl (C=O) groups excluding carboxylic acids is 1. The van der Waals surface area contributed by atoms with E-state index < -0.39 is 16.1 Å². The minimum atomic E-state index is -3.19. The molecule has 1 aromatic rings. The molecule has 0 radical (unpaired) electrons. The van der Waals surface area contributed by atoms with E-state index in [4.69, 9.17) is 22.1 Å². The quantitative estimate of drug-likeness (QED) is 0.397. The van der Waals surface area contributed by atoms with Crippen molar-refractivity contribution in [2.24, 2.45) is 23.5 Å². The molecular formula is C32H50ClN3O4S. The van der Waals surface area contributed by atoms with Gasteiger partial charge in [-0.25, -0.2) is 8.42 Å². The van der Waals surface area contributed by atoms with Crippen molar-refractivity contribution in [3.05, 3.63) is 34.9 Å². The molecule has 1 saturated carbocycles. The maximum absolute atomic E-state index is 13.9. The van der Waals surface area contributed by atoms with Gasteiger partial charge in [-0.2, -0.15) is 4.31 Å². The summed E-state index contributed by atoms with van der Waals surface area (Å²) >= 11 is 6.22. The van der Waals surface area contributed by atoms with Crippen LogP contribution in [-0.2, 0) is 19.6 Å². The Morgan fingerprint density at radius 2 is 1.73 bits per heavy atom. The number of hydrogen-bond acceptors (Lipinski definition) is 6. The third-order valence-electron chi connectivity index (χ3n) is 10.4. The van der Waals surface area contributed by atoms with Gasteiger partial charge in [-0.3, -0.25) is 4.79 Å². The van der Waals surface area contributed by atoms with Gasteiger partial charge >= 0.3 is 0 Å². The lowest BCUT2D eigenvalue weighted by atomic mass is 9.70. The fourth-order valence-electron chi connectivity index (χ4n) is 8.39. The molecular weight excluding hydrogens is 558 g/mol. The normalized spacial score (nSPS) is 37.1. The number of ketones is 1. The molecule has 3 aliphatic heterocycles. The Labute approximate surface area is 252 Å². The van der Waals surface area contributed by atoms with Crippen LogP contribution in [0.1, 0.15) is 96.0 Å². The van der Waals surface area contributed by atoms with Gasteiger partial charge in [-0.15, -0.1) is 0 Å². The van der Waals surface area contributed by atoms with Crippen molar-refractivity contribution in [2.45, 2.75) is 121 Å². The van der Waals surface area contributed by atoms with Crippen molar-refractivity contribution in [1.29, 1.82) is 0 Å². The summed E-state index contributed by atoms with van der Waals surface area (Å²) in [6.45, 7) is 5.56. The molecule has 0 spiro atoms. The number of Topliss-reactive ketones (excluding diaryl/α,β-unsaturated/α-hetero) is 1. The second-order valence-electron chi connectivity index (χ2n) is 13.4. The first-order valence-corrected chi connectivity index (χ1v) is 18.0. The lowest BCUT2D eigenvalue weighted by Gasteiger charge is -2.40. The van der Waals surface area contributed by atoms with Crippen LogP contribution in [0.3, 0.4) is 0 Å². The molecule has 4 fully saturated rings. The molecule has 2 bridgehead atoms. The highest BCUT2D eigenvalue weighted by atomic mass is 35.5. The number of benzene rings is 1. The van der Waals surface area contributed by atoms with Crippen molar-refractivity contribution in [3.8, 4) is 0 Å². The number of fused-ring (bicyclic) bond motifs is 2. The van der Waals surface area contributed by atoms with Crippen molar-refractivity contribution in [1.82, 2.24) is 9.62 Å². The monoisotopic (exact) mass is 607 g/mol. The number of rotatable bonds is 9.